The van der Waals surface area contributed by atoms with Gasteiger partial charge in [0.15, 0.2) is 5.82 Å². The molecule has 1 aliphatic rings. The number of hydrogen-bond donors (Lipinski definition) is 0. The fourth-order valence-corrected chi connectivity index (χ4v) is 4.45. The summed E-state index contributed by atoms with van der Waals surface area (Å²) in [4.78, 5) is 9.87. The van der Waals surface area contributed by atoms with Crippen molar-refractivity contribution in [3.8, 4) is 17.1 Å². The molecule has 3 rings (SSSR count). The molecule has 0 radical (unpaired) electrons. The third-order valence-corrected chi connectivity index (χ3v) is 6.56. The molecule has 0 aliphatic heterocycles. The predicted molar refractivity (Wildman–Crippen MR) is 125 cm³/mol. The minimum absolute atomic E-state index is 0.451. The lowest BCUT2D eigenvalue weighted by Crippen LogP contribution is -2.14. The van der Waals surface area contributed by atoms with Gasteiger partial charge in [-0.1, -0.05) is 67.6 Å². The first-order valence-electron chi connectivity index (χ1n) is 11.4. The van der Waals surface area contributed by atoms with Crippen LogP contribution in [-0.2, 0) is 0 Å². The SMILES string of the molecule is CCCCC[C@H]1CC[C@H](c2cnc(-c3ccccc3OCCC(C)Br)nc2)CC1. The fraction of sp³-hybridized carbons (Fsp3) is 0.600. The number of nitrogens with zero attached hydrogens (tertiary/aromatic N) is 2. The first-order chi connectivity index (χ1) is 14.2. The van der Waals surface area contributed by atoms with Crippen LogP contribution in [0.15, 0.2) is 36.7 Å². The Morgan fingerprint density at radius 1 is 1.07 bits per heavy atom. The summed E-state index contributed by atoms with van der Waals surface area (Å²) in [6, 6.07) is 8.07. The van der Waals surface area contributed by atoms with Crippen LogP contribution < -0.4 is 4.74 Å². The first-order valence-corrected chi connectivity index (χ1v) is 12.3. The Labute approximate surface area is 184 Å². The standard InChI is InChI=1S/C25H35BrN2O/c1-3-4-5-8-20-11-13-21(14-12-20)22-17-27-25(28-18-22)23-9-6-7-10-24(23)29-16-15-19(2)26/h6-7,9-10,17-21H,3-5,8,11-16H2,1-2H3/t19?,20-,21-. The Hall–Kier alpha value is -1.42. The van der Waals surface area contributed by atoms with E-state index in [4.69, 9.17) is 14.7 Å². The highest BCUT2D eigenvalue weighted by atomic mass is 79.9. The number of aromatic nitrogens is 2. The molecule has 0 N–H and O–H groups in total. The number of para-hydroxylation sites is 1. The Morgan fingerprint density at radius 3 is 2.48 bits per heavy atom. The summed E-state index contributed by atoms with van der Waals surface area (Å²) < 4.78 is 5.99. The minimum atomic E-state index is 0.451. The van der Waals surface area contributed by atoms with Gasteiger partial charge >= 0.3 is 0 Å². The van der Waals surface area contributed by atoms with Crippen molar-refractivity contribution < 1.29 is 4.74 Å². The van der Waals surface area contributed by atoms with Gasteiger partial charge in [0.2, 0.25) is 0 Å². The summed E-state index contributed by atoms with van der Waals surface area (Å²) in [7, 11) is 0. The van der Waals surface area contributed by atoms with Crippen LogP contribution in [0.5, 0.6) is 5.75 Å². The zero-order valence-electron chi connectivity index (χ0n) is 17.9. The number of rotatable bonds is 10. The normalized spacial score (nSPS) is 20.4. The van der Waals surface area contributed by atoms with Gasteiger partial charge in [-0.3, -0.25) is 0 Å². The largest absolute Gasteiger partial charge is 0.493 e. The van der Waals surface area contributed by atoms with Crippen molar-refractivity contribution in [2.75, 3.05) is 6.61 Å². The molecule has 1 aromatic heterocycles. The molecule has 1 fully saturated rings. The molecular formula is C25H35BrN2O. The third kappa shape index (κ3) is 6.80. The molecule has 1 atom stereocenters. The smallest absolute Gasteiger partial charge is 0.162 e. The first kappa shape index (κ1) is 22.3. The van der Waals surface area contributed by atoms with Crippen LogP contribution in [0.2, 0.25) is 0 Å². The molecule has 1 saturated carbocycles. The fourth-order valence-electron chi connectivity index (χ4n) is 4.26. The van der Waals surface area contributed by atoms with E-state index in [1.165, 1.54) is 56.9 Å². The molecule has 29 heavy (non-hydrogen) atoms. The Balaban J connectivity index is 1.58. The van der Waals surface area contributed by atoms with E-state index in [0.29, 0.717) is 17.4 Å². The van der Waals surface area contributed by atoms with Crippen molar-refractivity contribution in [2.45, 2.75) is 82.4 Å². The highest BCUT2D eigenvalue weighted by Gasteiger charge is 2.22. The van der Waals surface area contributed by atoms with E-state index >= 15 is 0 Å². The van der Waals surface area contributed by atoms with E-state index in [1.807, 2.05) is 36.7 Å². The van der Waals surface area contributed by atoms with Gasteiger partial charge in [0.1, 0.15) is 5.75 Å². The number of benzene rings is 1. The van der Waals surface area contributed by atoms with Crippen molar-refractivity contribution in [2.24, 2.45) is 5.92 Å². The lowest BCUT2D eigenvalue weighted by atomic mass is 9.77. The average molecular weight is 459 g/mol. The molecule has 0 amide bonds. The van der Waals surface area contributed by atoms with Crippen LogP contribution >= 0.6 is 15.9 Å². The number of halogens is 1. The van der Waals surface area contributed by atoms with Gasteiger partial charge in [0.25, 0.3) is 0 Å². The topological polar surface area (TPSA) is 35.0 Å². The van der Waals surface area contributed by atoms with Crippen molar-refractivity contribution in [1.29, 1.82) is 0 Å². The summed E-state index contributed by atoms with van der Waals surface area (Å²) in [5.41, 5.74) is 2.27. The van der Waals surface area contributed by atoms with Crippen LogP contribution in [0, 0.1) is 5.92 Å². The summed E-state index contributed by atoms with van der Waals surface area (Å²) >= 11 is 3.57. The van der Waals surface area contributed by atoms with Crippen LogP contribution in [0.3, 0.4) is 0 Å². The second-order valence-corrected chi connectivity index (χ2v) is 10.0. The van der Waals surface area contributed by atoms with Gasteiger partial charge in [0, 0.05) is 17.2 Å². The summed E-state index contributed by atoms with van der Waals surface area (Å²) in [5, 5.41) is 0. The van der Waals surface area contributed by atoms with Crippen molar-refractivity contribution >= 4 is 15.9 Å². The molecule has 1 aliphatic carbocycles. The monoisotopic (exact) mass is 458 g/mol. The maximum absolute atomic E-state index is 5.99. The molecule has 3 nitrogen and oxygen atoms in total. The molecule has 158 valence electrons. The average Bonchev–Trinajstić information content (AvgIpc) is 2.75. The molecule has 0 spiro atoms. The molecular weight excluding hydrogens is 424 g/mol. The molecule has 1 aromatic carbocycles. The van der Waals surface area contributed by atoms with Crippen molar-refractivity contribution in [1.82, 2.24) is 9.97 Å². The van der Waals surface area contributed by atoms with Gasteiger partial charge in [-0.25, -0.2) is 9.97 Å². The highest BCUT2D eigenvalue weighted by molar-refractivity contribution is 9.09. The van der Waals surface area contributed by atoms with Gasteiger partial charge in [-0.2, -0.15) is 0 Å². The van der Waals surface area contributed by atoms with Crippen LogP contribution in [0.25, 0.3) is 11.4 Å². The Bertz CT molecular complexity index is 724. The van der Waals surface area contributed by atoms with Crippen molar-refractivity contribution in [3.05, 3.63) is 42.2 Å². The number of unbranched alkanes of at least 4 members (excludes halogenated alkanes) is 2. The molecule has 0 saturated heterocycles. The molecule has 2 aromatic rings. The van der Waals surface area contributed by atoms with Gasteiger partial charge in [-0.05, 0) is 61.6 Å². The second kappa shape index (κ2) is 11.7. The van der Waals surface area contributed by atoms with Crippen LogP contribution in [-0.4, -0.2) is 21.4 Å². The molecule has 1 heterocycles. The number of alkyl halides is 1. The van der Waals surface area contributed by atoms with Gasteiger partial charge in [0.05, 0.1) is 12.2 Å². The molecule has 0 bridgehead atoms. The van der Waals surface area contributed by atoms with Crippen molar-refractivity contribution in [3.63, 3.8) is 0 Å². The lowest BCUT2D eigenvalue weighted by molar-refractivity contribution is 0.302. The van der Waals surface area contributed by atoms with E-state index in [2.05, 4.69) is 29.8 Å². The van der Waals surface area contributed by atoms with E-state index in [9.17, 15) is 0 Å². The van der Waals surface area contributed by atoms with E-state index in [0.717, 1.165) is 29.5 Å². The van der Waals surface area contributed by atoms with Crippen LogP contribution in [0.1, 0.15) is 83.1 Å². The van der Waals surface area contributed by atoms with Crippen LogP contribution in [0.4, 0.5) is 0 Å². The van der Waals surface area contributed by atoms with E-state index < -0.39 is 0 Å². The summed E-state index contributed by atoms with van der Waals surface area (Å²) in [6.45, 7) is 5.10. The quantitative estimate of drug-likeness (QED) is 0.272. The zero-order valence-corrected chi connectivity index (χ0v) is 19.5. The number of hydrogen-bond acceptors (Lipinski definition) is 3. The Morgan fingerprint density at radius 2 is 1.79 bits per heavy atom. The maximum atomic E-state index is 5.99. The number of ether oxygens (including phenoxy) is 1. The van der Waals surface area contributed by atoms with E-state index in [-0.39, 0.29) is 0 Å². The summed E-state index contributed by atoms with van der Waals surface area (Å²) in [6.07, 6.45) is 15.9. The molecule has 4 heteroatoms. The third-order valence-electron chi connectivity index (χ3n) is 6.11. The highest BCUT2D eigenvalue weighted by Crippen LogP contribution is 2.38. The van der Waals surface area contributed by atoms with Gasteiger partial charge in [-0.15, -0.1) is 0 Å². The second-order valence-electron chi connectivity index (χ2n) is 8.47. The zero-order chi connectivity index (χ0) is 20.5. The Kier molecular flexibility index (Phi) is 8.97. The predicted octanol–water partition coefficient (Wildman–Crippen LogP) is 7.55. The molecule has 1 unspecified atom stereocenters. The maximum Gasteiger partial charge on any atom is 0.162 e. The minimum Gasteiger partial charge on any atom is -0.493 e. The summed E-state index contributed by atoms with van der Waals surface area (Å²) in [5.74, 6) is 3.17. The lowest BCUT2D eigenvalue weighted by Gasteiger charge is -2.28. The van der Waals surface area contributed by atoms with Gasteiger partial charge < -0.3 is 4.74 Å². The van der Waals surface area contributed by atoms with E-state index in [1.54, 1.807) is 0 Å².